The average molecular weight is 723 g/mol. The number of carbonyl (C=O) groups is 1. The van der Waals surface area contributed by atoms with E-state index >= 15 is 0 Å². The number of nitrogens with one attached hydrogen (secondary N) is 1. The molecule has 0 aromatic carbocycles. The van der Waals surface area contributed by atoms with E-state index in [1.165, 1.54) is 64.2 Å². The van der Waals surface area contributed by atoms with E-state index in [2.05, 4.69) is 67.8 Å². The van der Waals surface area contributed by atoms with Crippen molar-refractivity contribution in [1.82, 2.24) is 5.32 Å². The molecule has 290 valence electrons. The lowest BCUT2D eigenvalue weighted by atomic mass is 10.1. The Labute approximate surface area is 306 Å². The Bertz CT molecular complexity index is 965. The fourth-order valence-electron chi connectivity index (χ4n) is 5.34. The van der Waals surface area contributed by atoms with Crippen LogP contribution in [-0.2, 0) is 18.4 Å². The van der Waals surface area contributed by atoms with Crippen LogP contribution in [0.2, 0.25) is 0 Å². The van der Waals surface area contributed by atoms with Crippen LogP contribution in [-0.4, -0.2) is 47.8 Å². The Hall–Kier alpha value is -1.80. The molecule has 3 atom stereocenters. The first-order valence-corrected chi connectivity index (χ1v) is 21.4. The average Bonchev–Trinajstić information content (AvgIpc) is 3.10. The molecule has 0 rings (SSSR count). The second kappa shape index (κ2) is 37.0. The molecule has 0 heterocycles. The van der Waals surface area contributed by atoms with Crippen LogP contribution in [0.3, 0.4) is 0 Å². The summed E-state index contributed by atoms with van der Waals surface area (Å²) in [6.45, 7) is 3.96. The van der Waals surface area contributed by atoms with Gasteiger partial charge < -0.3 is 21.1 Å². The van der Waals surface area contributed by atoms with E-state index in [-0.39, 0.29) is 25.7 Å². The number of amides is 1. The molecule has 0 aliphatic heterocycles. The molecule has 0 saturated carbocycles. The number of carbonyl (C=O) groups excluding carboxylic acids is 1. The van der Waals surface area contributed by atoms with Gasteiger partial charge in [0, 0.05) is 13.0 Å². The molecular formula is C41H75N2O6P. The van der Waals surface area contributed by atoms with E-state index in [0.717, 1.165) is 77.0 Å². The summed E-state index contributed by atoms with van der Waals surface area (Å²) in [5, 5.41) is 13.6. The summed E-state index contributed by atoms with van der Waals surface area (Å²) in [6, 6.07) is -0.887. The third kappa shape index (κ3) is 34.6. The van der Waals surface area contributed by atoms with Gasteiger partial charge in [-0.1, -0.05) is 152 Å². The van der Waals surface area contributed by atoms with Crippen LogP contribution in [0.15, 0.2) is 60.8 Å². The molecule has 0 bridgehead atoms. The van der Waals surface area contributed by atoms with Gasteiger partial charge >= 0.3 is 7.82 Å². The van der Waals surface area contributed by atoms with Gasteiger partial charge in [0.15, 0.2) is 0 Å². The highest BCUT2D eigenvalue weighted by atomic mass is 31.2. The zero-order valence-corrected chi connectivity index (χ0v) is 32.8. The van der Waals surface area contributed by atoms with Crippen molar-refractivity contribution >= 4 is 13.7 Å². The van der Waals surface area contributed by atoms with Crippen molar-refractivity contribution in [3.63, 3.8) is 0 Å². The molecule has 5 N–H and O–H groups in total. The fourth-order valence-corrected chi connectivity index (χ4v) is 6.10. The third-order valence-corrected chi connectivity index (χ3v) is 9.31. The highest BCUT2D eigenvalue weighted by molar-refractivity contribution is 7.47. The van der Waals surface area contributed by atoms with Gasteiger partial charge in [0.1, 0.15) is 0 Å². The standard InChI is InChI=1S/C41H75N2O6P/c1-3-5-7-9-11-13-15-17-19-21-22-24-26-28-30-32-34-40(44)39(38-49-50(46,47)48-37-36-42)43-41(45)35-33-31-29-27-25-23-20-18-16-14-12-10-8-6-4-2/h6,8,12,14,18,20,24,26,32,34,39-40,44H,3-5,7,9-11,13,15-17,19,21-23,25,27-31,33,35-38,42H2,1-2H3,(H,43,45)(H,46,47)/b8-6-,14-12-,20-18-,26-24+,34-32+. The SMILES string of the molecule is CC/C=C\C/C=C\C/C=C\CCCCCCCC(=O)NC(COP(=O)(O)OCCN)C(O)/C=C/CC/C=C/CCCCCCCCCCCC. The zero-order valence-electron chi connectivity index (χ0n) is 31.9. The molecule has 8 nitrogen and oxygen atoms in total. The highest BCUT2D eigenvalue weighted by Gasteiger charge is 2.26. The molecule has 0 saturated heterocycles. The van der Waals surface area contributed by atoms with Crippen LogP contribution in [0.5, 0.6) is 0 Å². The zero-order chi connectivity index (χ0) is 36.8. The fraction of sp³-hybridized carbons (Fsp3) is 0.732. The van der Waals surface area contributed by atoms with Gasteiger partial charge in [0.25, 0.3) is 0 Å². The van der Waals surface area contributed by atoms with Crippen LogP contribution in [0.4, 0.5) is 0 Å². The Morgan fingerprint density at radius 1 is 0.680 bits per heavy atom. The third-order valence-electron chi connectivity index (χ3n) is 8.33. The minimum Gasteiger partial charge on any atom is -0.387 e. The summed E-state index contributed by atoms with van der Waals surface area (Å²) in [5.74, 6) is -0.224. The Balaban J connectivity index is 4.38. The van der Waals surface area contributed by atoms with E-state index < -0.39 is 20.0 Å². The molecule has 0 radical (unpaired) electrons. The number of allylic oxidation sites excluding steroid dienone is 9. The van der Waals surface area contributed by atoms with Gasteiger partial charge in [-0.05, 0) is 64.2 Å². The molecular weight excluding hydrogens is 647 g/mol. The van der Waals surface area contributed by atoms with Crippen molar-refractivity contribution in [2.75, 3.05) is 19.8 Å². The molecule has 9 heteroatoms. The number of nitrogens with two attached hydrogens (primary N) is 1. The van der Waals surface area contributed by atoms with Crippen molar-refractivity contribution in [1.29, 1.82) is 0 Å². The van der Waals surface area contributed by atoms with E-state index in [4.69, 9.17) is 14.8 Å². The molecule has 0 aromatic rings. The molecule has 0 fully saturated rings. The lowest BCUT2D eigenvalue weighted by Crippen LogP contribution is -2.45. The Kier molecular flexibility index (Phi) is 35.6. The number of aliphatic hydroxyl groups is 1. The minimum atomic E-state index is -4.35. The predicted molar refractivity (Wildman–Crippen MR) is 212 cm³/mol. The largest absolute Gasteiger partial charge is 0.472 e. The van der Waals surface area contributed by atoms with Gasteiger partial charge in [-0.15, -0.1) is 0 Å². The van der Waals surface area contributed by atoms with Crippen molar-refractivity contribution in [3.05, 3.63) is 60.8 Å². The topological polar surface area (TPSA) is 131 Å². The maximum absolute atomic E-state index is 12.7. The number of hydrogen-bond donors (Lipinski definition) is 4. The number of aliphatic hydroxyl groups excluding tert-OH is 1. The van der Waals surface area contributed by atoms with E-state index in [0.29, 0.717) is 6.42 Å². The van der Waals surface area contributed by atoms with Gasteiger partial charge in [0.05, 0.1) is 25.4 Å². The van der Waals surface area contributed by atoms with Crippen molar-refractivity contribution in [2.24, 2.45) is 5.73 Å². The van der Waals surface area contributed by atoms with Crippen LogP contribution >= 0.6 is 7.82 Å². The minimum absolute atomic E-state index is 0.0683. The van der Waals surface area contributed by atoms with Gasteiger partial charge in [-0.3, -0.25) is 13.8 Å². The molecule has 0 aliphatic rings. The van der Waals surface area contributed by atoms with Crippen LogP contribution in [0.1, 0.15) is 162 Å². The second-order valence-electron chi connectivity index (χ2n) is 13.1. The Morgan fingerprint density at radius 3 is 1.78 bits per heavy atom. The molecule has 0 spiro atoms. The maximum atomic E-state index is 12.7. The molecule has 50 heavy (non-hydrogen) atoms. The Morgan fingerprint density at radius 2 is 1.18 bits per heavy atom. The quantitative estimate of drug-likeness (QED) is 0.0288. The number of unbranched alkanes of at least 4 members (excludes halogenated alkanes) is 16. The lowest BCUT2D eigenvalue weighted by Gasteiger charge is -2.23. The normalized spacial score (nSPS) is 14.9. The van der Waals surface area contributed by atoms with Gasteiger partial charge in [-0.25, -0.2) is 4.57 Å². The summed E-state index contributed by atoms with van der Waals surface area (Å²) in [4.78, 5) is 22.6. The highest BCUT2D eigenvalue weighted by Crippen LogP contribution is 2.43. The summed E-state index contributed by atoms with van der Waals surface area (Å²) >= 11 is 0. The first-order chi connectivity index (χ1) is 24.4. The summed E-state index contributed by atoms with van der Waals surface area (Å²) in [6.07, 6.45) is 45.5. The summed E-state index contributed by atoms with van der Waals surface area (Å²) in [7, 11) is -4.35. The first-order valence-electron chi connectivity index (χ1n) is 19.9. The number of hydrogen-bond acceptors (Lipinski definition) is 6. The first kappa shape index (κ1) is 48.2. The molecule has 1 amide bonds. The van der Waals surface area contributed by atoms with Gasteiger partial charge in [-0.2, -0.15) is 0 Å². The van der Waals surface area contributed by atoms with Crippen LogP contribution in [0, 0.1) is 0 Å². The summed E-state index contributed by atoms with van der Waals surface area (Å²) in [5.41, 5.74) is 5.36. The van der Waals surface area contributed by atoms with Crippen molar-refractivity contribution < 1.29 is 28.4 Å². The van der Waals surface area contributed by atoms with E-state index in [1.54, 1.807) is 6.08 Å². The molecule has 0 aliphatic carbocycles. The number of phosphoric acid groups is 1. The second-order valence-corrected chi connectivity index (χ2v) is 14.6. The van der Waals surface area contributed by atoms with Gasteiger partial charge in [0.2, 0.25) is 5.91 Å². The van der Waals surface area contributed by atoms with E-state index in [9.17, 15) is 19.4 Å². The van der Waals surface area contributed by atoms with Crippen LogP contribution in [0.25, 0.3) is 0 Å². The predicted octanol–water partition coefficient (Wildman–Crippen LogP) is 10.7. The molecule has 3 unspecified atom stereocenters. The van der Waals surface area contributed by atoms with Crippen molar-refractivity contribution in [2.45, 2.75) is 174 Å². The van der Waals surface area contributed by atoms with Crippen molar-refractivity contribution in [3.8, 4) is 0 Å². The molecule has 0 aromatic heterocycles. The van der Waals surface area contributed by atoms with E-state index in [1.807, 2.05) is 6.08 Å². The lowest BCUT2D eigenvalue weighted by molar-refractivity contribution is -0.123. The smallest absolute Gasteiger partial charge is 0.387 e. The monoisotopic (exact) mass is 723 g/mol. The number of rotatable bonds is 36. The van der Waals surface area contributed by atoms with Crippen LogP contribution < -0.4 is 11.1 Å². The number of phosphoric ester groups is 1. The maximum Gasteiger partial charge on any atom is 0.472 e. The summed E-state index contributed by atoms with van der Waals surface area (Å²) < 4.78 is 22.0.